The molecule has 0 aromatic heterocycles. The molecule has 2 aromatic rings. The van der Waals surface area contributed by atoms with E-state index in [1.165, 1.54) is 0 Å². The number of rotatable bonds is 6. The number of carbonyl (C=O) groups is 1. The molecule has 180 valence electrons. The molecule has 34 heavy (non-hydrogen) atoms. The summed E-state index contributed by atoms with van der Waals surface area (Å²) in [7, 11) is 0. The van der Waals surface area contributed by atoms with Crippen LogP contribution < -0.4 is 15.5 Å². The molecule has 7 heteroatoms. The van der Waals surface area contributed by atoms with Crippen molar-refractivity contribution in [2.24, 2.45) is 0 Å². The van der Waals surface area contributed by atoms with Gasteiger partial charge in [0.2, 0.25) is 0 Å². The number of benzene rings is 2. The number of alkyl carbamates (subject to hydrolysis) is 1. The lowest BCUT2D eigenvalue weighted by atomic mass is 9.89. The van der Waals surface area contributed by atoms with E-state index in [1.807, 2.05) is 49.4 Å². The van der Waals surface area contributed by atoms with E-state index in [2.05, 4.69) is 21.6 Å². The molecule has 1 aliphatic carbocycles. The first-order valence-corrected chi connectivity index (χ1v) is 12.6. The number of hydrogen-bond acceptors (Lipinski definition) is 5. The number of anilines is 1. The summed E-state index contributed by atoms with van der Waals surface area (Å²) >= 11 is 6.27. The van der Waals surface area contributed by atoms with E-state index >= 15 is 0 Å². The fraction of sp³-hybridized carbons (Fsp3) is 0.481. The normalized spacial score (nSPS) is 22.6. The Bertz CT molecular complexity index is 1020. The predicted octanol–water partition coefficient (Wildman–Crippen LogP) is 5.32. The maximum atomic E-state index is 12.6. The van der Waals surface area contributed by atoms with Gasteiger partial charge in [0.15, 0.2) is 0 Å². The van der Waals surface area contributed by atoms with Crippen LogP contribution in [0.15, 0.2) is 42.5 Å². The molecule has 6 nitrogen and oxygen atoms in total. The Hall–Kier alpha value is -2.75. The zero-order valence-corrected chi connectivity index (χ0v) is 20.5. The Morgan fingerprint density at radius 2 is 1.88 bits per heavy atom. The van der Waals surface area contributed by atoms with E-state index < -0.39 is 6.09 Å². The molecular formula is C27H33ClN4O2. The number of aryl methyl sites for hydroxylation is 1. The van der Waals surface area contributed by atoms with Crippen LogP contribution in [0.4, 0.5) is 10.5 Å². The molecule has 1 heterocycles. The molecule has 2 aromatic carbocycles. The van der Waals surface area contributed by atoms with Crippen LogP contribution in [-0.2, 0) is 11.3 Å². The number of nitriles is 1. The van der Waals surface area contributed by atoms with Gasteiger partial charge in [-0.2, -0.15) is 5.26 Å². The van der Waals surface area contributed by atoms with Gasteiger partial charge in [-0.15, -0.1) is 0 Å². The van der Waals surface area contributed by atoms with Crippen LogP contribution in [0, 0.1) is 18.3 Å². The Labute approximate surface area is 207 Å². The first-order chi connectivity index (χ1) is 16.5. The maximum Gasteiger partial charge on any atom is 0.407 e. The van der Waals surface area contributed by atoms with E-state index in [-0.39, 0.29) is 18.7 Å². The van der Waals surface area contributed by atoms with E-state index in [0.717, 1.165) is 68.4 Å². The van der Waals surface area contributed by atoms with Gasteiger partial charge < -0.3 is 20.3 Å². The Balaban J connectivity index is 1.30. The molecule has 1 amide bonds. The van der Waals surface area contributed by atoms with E-state index in [0.29, 0.717) is 16.6 Å². The smallest absolute Gasteiger partial charge is 0.407 e. The summed E-state index contributed by atoms with van der Waals surface area (Å²) in [6.07, 6.45) is 6.10. The van der Waals surface area contributed by atoms with Crippen LogP contribution in [0.25, 0.3) is 0 Å². The topological polar surface area (TPSA) is 77.4 Å². The second-order valence-corrected chi connectivity index (χ2v) is 9.83. The van der Waals surface area contributed by atoms with Crippen molar-refractivity contribution in [2.45, 2.75) is 70.2 Å². The molecule has 0 radical (unpaired) electrons. The monoisotopic (exact) mass is 480 g/mol. The first-order valence-electron chi connectivity index (χ1n) is 12.2. The van der Waals surface area contributed by atoms with Crippen molar-refractivity contribution in [3.8, 4) is 6.07 Å². The Kier molecular flexibility index (Phi) is 8.31. The van der Waals surface area contributed by atoms with Gasteiger partial charge in [0, 0.05) is 47.5 Å². The highest BCUT2D eigenvalue weighted by Crippen LogP contribution is 2.24. The average molecular weight is 481 g/mol. The second-order valence-electron chi connectivity index (χ2n) is 9.42. The number of nitrogens with zero attached hydrogens (tertiary/aromatic N) is 2. The van der Waals surface area contributed by atoms with Crippen molar-refractivity contribution in [1.82, 2.24) is 10.6 Å². The van der Waals surface area contributed by atoms with Crippen molar-refractivity contribution in [2.75, 3.05) is 18.0 Å². The van der Waals surface area contributed by atoms with Gasteiger partial charge in [0.25, 0.3) is 0 Å². The molecule has 1 aliphatic heterocycles. The molecule has 0 spiro atoms. The number of piperidine rings is 1. The Morgan fingerprint density at radius 1 is 1.12 bits per heavy atom. The van der Waals surface area contributed by atoms with Gasteiger partial charge in [-0.1, -0.05) is 36.6 Å². The fourth-order valence-electron chi connectivity index (χ4n) is 5.01. The highest BCUT2D eigenvalue weighted by atomic mass is 35.5. The minimum Gasteiger partial charge on any atom is -0.445 e. The molecule has 0 bridgehead atoms. The highest BCUT2D eigenvalue weighted by Gasteiger charge is 2.30. The number of ether oxygens (including phenoxy) is 1. The number of amides is 1. The standard InChI is InChI=1S/C27H33ClN4O2/c1-19-8-11-21(24(28)15-19)18-34-27(33)31-26-7-3-2-6-25(26)30-22-5-4-14-32(17-22)23-12-9-20(16-29)10-13-23/h8-13,15,22,25-26,30H,2-7,14,17-18H2,1H3,(H,31,33)/t22-,25+,26+/m0/s1. The summed E-state index contributed by atoms with van der Waals surface area (Å²) in [6, 6.07) is 16.4. The van der Waals surface area contributed by atoms with Crippen molar-refractivity contribution in [3.05, 3.63) is 64.2 Å². The third-order valence-electron chi connectivity index (χ3n) is 6.87. The van der Waals surface area contributed by atoms with Crippen molar-refractivity contribution < 1.29 is 9.53 Å². The molecule has 2 fully saturated rings. The van der Waals surface area contributed by atoms with Crippen molar-refractivity contribution in [1.29, 1.82) is 5.26 Å². The average Bonchev–Trinajstić information content (AvgIpc) is 2.85. The lowest BCUT2D eigenvalue weighted by Gasteiger charge is -2.40. The van der Waals surface area contributed by atoms with E-state index in [4.69, 9.17) is 21.6 Å². The number of nitrogens with one attached hydrogen (secondary N) is 2. The van der Waals surface area contributed by atoms with Crippen molar-refractivity contribution in [3.63, 3.8) is 0 Å². The van der Waals surface area contributed by atoms with Gasteiger partial charge in [0.1, 0.15) is 6.61 Å². The number of hydrogen-bond donors (Lipinski definition) is 2. The molecule has 3 atom stereocenters. The quantitative estimate of drug-likeness (QED) is 0.585. The van der Waals surface area contributed by atoms with Gasteiger partial charge in [-0.25, -0.2) is 4.79 Å². The minimum absolute atomic E-state index is 0.0556. The lowest BCUT2D eigenvalue weighted by Crippen LogP contribution is -2.57. The third kappa shape index (κ3) is 6.43. The van der Waals surface area contributed by atoms with Crippen LogP contribution in [0.3, 0.4) is 0 Å². The summed E-state index contributed by atoms with van der Waals surface area (Å²) in [5.41, 5.74) is 3.73. The second kappa shape index (κ2) is 11.6. The summed E-state index contributed by atoms with van der Waals surface area (Å²) < 4.78 is 5.49. The van der Waals surface area contributed by atoms with Gasteiger partial charge in [0.05, 0.1) is 11.6 Å². The van der Waals surface area contributed by atoms with Crippen LogP contribution in [0.1, 0.15) is 55.2 Å². The minimum atomic E-state index is -0.391. The molecule has 0 unspecified atom stereocenters. The zero-order valence-electron chi connectivity index (χ0n) is 19.7. The fourth-order valence-corrected chi connectivity index (χ4v) is 5.30. The van der Waals surface area contributed by atoms with Gasteiger partial charge in [-0.05, 0) is 68.5 Å². The first kappa shape index (κ1) is 24.4. The number of halogens is 1. The predicted molar refractivity (Wildman–Crippen MR) is 135 cm³/mol. The molecule has 1 saturated carbocycles. The highest BCUT2D eigenvalue weighted by molar-refractivity contribution is 6.31. The molecule has 4 rings (SSSR count). The molecule has 2 N–H and O–H groups in total. The summed E-state index contributed by atoms with van der Waals surface area (Å²) in [6.45, 7) is 4.09. The van der Waals surface area contributed by atoms with Crippen LogP contribution in [0.5, 0.6) is 0 Å². The summed E-state index contributed by atoms with van der Waals surface area (Å²) in [5, 5.41) is 16.6. The maximum absolute atomic E-state index is 12.6. The van der Waals surface area contributed by atoms with Gasteiger partial charge >= 0.3 is 6.09 Å². The third-order valence-corrected chi connectivity index (χ3v) is 7.22. The van der Waals surface area contributed by atoms with Crippen LogP contribution >= 0.6 is 11.6 Å². The summed E-state index contributed by atoms with van der Waals surface area (Å²) in [5.74, 6) is 0. The van der Waals surface area contributed by atoms with E-state index in [1.54, 1.807) is 0 Å². The molecular weight excluding hydrogens is 448 g/mol. The van der Waals surface area contributed by atoms with Gasteiger partial charge in [-0.3, -0.25) is 0 Å². The summed E-state index contributed by atoms with van der Waals surface area (Å²) in [4.78, 5) is 14.9. The number of carbonyl (C=O) groups excluding carboxylic acids is 1. The zero-order chi connectivity index (χ0) is 23.9. The van der Waals surface area contributed by atoms with Crippen molar-refractivity contribution >= 4 is 23.4 Å². The Morgan fingerprint density at radius 3 is 2.62 bits per heavy atom. The largest absolute Gasteiger partial charge is 0.445 e. The van der Waals surface area contributed by atoms with E-state index in [9.17, 15) is 4.79 Å². The molecule has 2 aliphatic rings. The molecule has 1 saturated heterocycles. The van der Waals surface area contributed by atoms with Crippen LogP contribution in [-0.4, -0.2) is 37.3 Å². The lowest BCUT2D eigenvalue weighted by molar-refractivity contribution is 0.128. The SMILES string of the molecule is Cc1ccc(COC(=O)N[C@@H]2CCCC[C@H]2N[C@H]2CCCN(c3ccc(C#N)cc3)C2)c(Cl)c1. The van der Waals surface area contributed by atoms with Crippen LogP contribution in [0.2, 0.25) is 5.02 Å².